The molecule has 0 aliphatic carbocycles. The topological polar surface area (TPSA) is 51.8 Å². The molecule has 2 N–H and O–H groups in total. The number of nitrogen functional groups attached to an aromatic ring is 1. The van der Waals surface area contributed by atoms with E-state index >= 15 is 0 Å². The van der Waals surface area contributed by atoms with Gasteiger partial charge in [0.05, 0.1) is 4.47 Å². The van der Waals surface area contributed by atoms with Crippen molar-refractivity contribution in [3.63, 3.8) is 0 Å². The maximum absolute atomic E-state index is 5.72. The van der Waals surface area contributed by atoms with Gasteiger partial charge < -0.3 is 5.73 Å². The Morgan fingerprint density at radius 3 is 2.65 bits per heavy atom. The molecule has 5 heteroatoms. The number of nitrogens with zero attached hydrogens (tertiary/aromatic N) is 2. The van der Waals surface area contributed by atoms with Crippen LogP contribution in [0.15, 0.2) is 38.9 Å². The summed E-state index contributed by atoms with van der Waals surface area (Å²) in [6, 6.07) is 6.33. The lowest BCUT2D eigenvalue weighted by atomic mass is 10.1. The second kappa shape index (κ2) is 5.06. The average Bonchev–Trinajstić information content (AvgIpc) is 2.30. The molecule has 0 saturated carbocycles. The van der Waals surface area contributed by atoms with E-state index in [4.69, 9.17) is 5.73 Å². The maximum Gasteiger partial charge on any atom is 0.142 e. The first-order chi connectivity index (χ1) is 8.08. The molecule has 1 heterocycles. The van der Waals surface area contributed by atoms with Gasteiger partial charge in [-0.2, -0.15) is 0 Å². The van der Waals surface area contributed by atoms with Gasteiger partial charge in [0.2, 0.25) is 0 Å². The third kappa shape index (κ3) is 2.79. The van der Waals surface area contributed by atoms with Crippen molar-refractivity contribution in [2.75, 3.05) is 5.73 Å². The molecule has 2 aromatic rings. The van der Waals surface area contributed by atoms with E-state index in [0.717, 1.165) is 14.4 Å². The molecule has 0 aliphatic rings. The van der Waals surface area contributed by atoms with Gasteiger partial charge in [0, 0.05) is 4.90 Å². The zero-order valence-electron chi connectivity index (χ0n) is 9.57. The average molecular weight is 310 g/mol. The fourth-order valence-corrected chi connectivity index (χ4v) is 2.66. The first kappa shape index (κ1) is 12.4. The first-order valence-electron chi connectivity index (χ1n) is 5.09. The Hall–Kier alpha value is -1.07. The highest BCUT2D eigenvalue weighted by Gasteiger charge is 2.08. The third-order valence-corrected chi connectivity index (χ3v) is 4.51. The van der Waals surface area contributed by atoms with Crippen molar-refractivity contribution in [3.05, 3.63) is 40.1 Å². The number of halogens is 1. The lowest BCUT2D eigenvalue weighted by molar-refractivity contribution is 1.03. The molecule has 2 rings (SSSR count). The van der Waals surface area contributed by atoms with Gasteiger partial charge in [-0.25, -0.2) is 9.97 Å². The Morgan fingerprint density at radius 2 is 1.94 bits per heavy atom. The smallest absolute Gasteiger partial charge is 0.142 e. The van der Waals surface area contributed by atoms with Crippen LogP contribution in [0, 0.1) is 13.8 Å². The fraction of sp³-hybridized carbons (Fsp3) is 0.167. The minimum Gasteiger partial charge on any atom is -0.383 e. The van der Waals surface area contributed by atoms with Crippen LogP contribution in [0.25, 0.3) is 0 Å². The second-order valence-electron chi connectivity index (χ2n) is 3.73. The first-order valence-corrected chi connectivity index (χ1v) is 6.70. The number of anilines is 1. The van der Waals surface area contributed by atoms with E-state index in [9.17, 15) is 0 Å². The molecule has 0 atom stereocenters. The van der Waals surface area contributed by atoms with Crippen molar-refractivity contribution in [3.8, 4) is 0 Å². The van der Waals surface area contributed by atoms with Gasteiger partial charge in [-0.05, 0) is 53.0 Å². The third-order valence-electron chi connectivity index (χ3n) is 2.48. The number of hydrogen-bond donors (Lipinski definition) is 1. The highest BCUT2D eigenvalue weighted by molar-refractivity contribution is 9.10. The molecule has 0 fully saturated rings. The molecule has 1 aromatic heterocycles. The highest BCUT2D eigenvalue weighted by atomic mass is 79.9. The van der Waals surface area contributed by atoms with Gasteiger partial charge in [0.1, 0.15) is 17.2 Å². The highest BCUT2D eigenvalue weighted by Crippen LogP contribution is 2.34. The number of hydrogen-bond acceptors (Lipinski definition) is 4. The molecular formula is C12H12BrN3S. The van der Waals surface area contributed by atoms with Gasteiger partial charge in [0.25, 0.3) is 0 Å². The summed E-state index contributed by atoms with van der Waals surface area (Å²) in [5, 5.41) is 0.834. The lowest BCUT2D eigenvalue weighted by Crippen LogP contribution is -1.94. The number of benzene rings is 1. The van der Waals surface area contributed by atoms with Crippen molar-refractivity contribution in [2.24, 2.45) is 0 Å². The van der Waals surface area contributed by atoms with E-state index in [2.05, 4.69) is 57.9 Å². The number of aryl methyl sites for hydroxylation is 2. The molecule has 0 aliphatic heterocycles. The van der Waals surface area contributed by atoms with Gasteiger partial charge in [-0.15, -0.1) is 0 Å². The monoisotopic (exact) mass is 309 g/mol. The molecule has 0 amide bonds. The zero-order chi connectivity index (χ0) is 12.4. The minimum absolute atomic E-state index is 0.464. The Kier molecular flexibility index (Phi) is 3.69. The summed E-state index contributed by atoms with van der Waals surface area (Å²) in [5.74, 6) is 0.464. The Bertz CT molecular complexity index is 557. The van der Waals surface area contributed by atoms with E-state index in [-0.39, 0.29) is 0 Å². The van der Waals surface area contributed by atoms with Crippen LogP contribution in [0.1, 0.15) is 11.1 Å². The molecule has 0 saturated heterocycles. The molecule has 3 nitrogen and oxygen atoms in total. The van der Waals surface area contributed by atoms with Crippen LogP contribution in [0.2, 0.25) is 0 Å². The van der Waals surface area contributed by atoms with E-state index in [0.29, 0.717) is 5.82 Å². The summed E-state index contributed by atoms with van der Waals surface area (Å²) in [5.41, 5.74) is 8.28. The van der Waals surface area contributed by atoms with Gasteiger partial charge in [-0.3, -0.25) is 0 Å². The Labute approximate surface area is 113 Å². The standard InChI is InChI=1S/C12H12BrN3S/c1-7-3-4-9(5-8(7)2)17-12-10(13)11(14)15-6-16-12/h3-6H,1-2H3,(H2,14,15,16). The van der Waals surface area contributed by atoms with Gasteiger partial charge >= 0.3 is 0 Å². The summed E-state index contributed by atoms with van der Waals surface area (Å²) in [7, 11) is 0. The Balaban J connectivity index is 2.31. The molecule has 0 spiro atoms. The number of rotatable bonds is 2. The van der Waals surface area contributed by atoms with Crippen LogP contribution in [-0.4, -0.2) is 9.97 Å². The van der Waals surface area contributed by atoms with Crippen LogP contribution in [0.3, 0.4) is 0 Å². The molecular weight excluding hydrogens is 298 g/mol. The summed E-state index contributed by atoms with van der Waals surface area (Å²) in [6.07, 6.45) is 1.48. The summed E-state index contributed by atoms with van der Waals surface area (Å²) < 4.78 is 0.753. The van der Waals surface area contributed by atoms with Crippen molar-refractivity contribution in [1.29, 1.82) is 0 Å². The second-order valence-corrected chi connectivity index (χ2v) is 5.58. The van der Waals surface area contributed by atoms with E-state index in [1.807, 2.05) is 0 Å². The molecule has 0 unspecified atom stereocenters. The molecule has 0 radical (unpaired) electrons. The molecule has 0 bridgehead atoms. The van der Waals surface area contributed by atoms with Crippen LogP contribution in [-0.2, 0) is 0 Å². The van der Waals surface area contributed by atoms with Crippen LogP contribution < -0.4 is 5.73 Å². The SMILES string of the molecule is Cc1ccc(Sc2ncnc(N)c2Br)cc1C. The van der Waals surface area contributed by atoms with Gasteiger partial charge in [0.15, 0.2) is 0 Å². The van der Waals surface area contributed by atoms with Gasteiger partial charge in [-0.1, -0.05) is 17.8 Å². The molecule has 88 valence electrons. The number of nitrogens with two attached hydrogens (primary N) is 1. The normalized spacial score (nSPS) is 10.5. The van der Waals surface area contributed by atoms with Crippen LogP contribution >= 0.6 is 27.7 Å². The van der Waals surface area contributed by atoms with Crippen LogP contribution in [0.4, 0.5) is 5.82 Å². The van der Waals surface area contributed by atoms with E-state index < -0.39 is 0 Å². The summed E-state index contributed by atoms with van der Waals surface area (Å²) >= 11 is 4.97. The molecule has 17 heavy (non-hydrogen) atoms. The Morgan fingerprint density at radius 1 is 1.18 bits per heavy atom. The predicted octanol–water partition coefficient (Wildman–Crippen LogP) is 3.59. The largest absolute Gasteiger partial charge is 0.383 e. The van der Waals surface area contributed by atoms with Crippen molar-refractivity contribution < 1.29 is 0 Å². The zero-order valence-corrected chi connectivity index (χ0v) is 12.0. The summed E-state index contributed by atoms with van der Waals surface area (Å²) in [4.78, 5) is 9.28. The quantitative estimate of drug-likeness (QED) is 0.861. The number of aromatic nitrogens is 2. The predicted molar refractivity (Wildman–Crippen MR) is 74.2 cm³/mol. The van der Waals surface area contributed by atoms with Crippen LogP contribution in [0.5, 0.6) is 0 Å². The molecule has 1 aromatic carbocycles. The van der Waals surface area contributed by atoms with Crippen molar-refractivity contribution in [2.45, 2.75) is 23.8 Å². The van der Waals surface area contributed by atoms with Crippen molar-refractivity contribution in [1.82, 2.24) is 9.97 Å². The van der Waals surface area contributed by atoms with Crippen molar-refractivity contribution >= 4 is 33.5 Å². The fourth-order valence-electron chi connectivity index (χ4n) is 1.33. The van der Waals surface area contributed by atoms with E-state index in [1.165, 1.54) is 17.5 Å². The minimum atomic E-state index is 0.464. The summed E-state index contributed by atoms with van der Waals surface area (Å²) in [6.45, 7) is 4.20. The maximum atomic E-state index is 5.72. The van der Waals surface area contributed by atoms with E-state index in [1.54, 1.807) is 11.8 Å². The lowest BCUT2D eigenvalue weighted by Gasteiger charge is -2.06.